The van der Waals surface area contributed by atoms with E-state index in [9.17, 15) is 14.9 Å². The molecule has 1 aliphatic heterocycles. The molecular formula is C19H29N3O5. The molecule has 0 spiro atoms. The van der Waals surface area contributed by atoms with Crippen molar-refractivity contribution < 1.29 is 19.2 Å². The van der Waals surface area contributed by atoms with Crippen molar-refractivity contribution in [2.45, 2.75) is 32.6 Å². The van der Waals surface area contributed by atoms with Crippen molar-refractivity contribution in [3.63, 3.8) is 0 Å². The number of nitro groups is 1. The van der Waals surface area contributed by atoms with Crippen LogP contribution in [0.5, 0.6) is 11.5 Å². The third kappa shape index (κ3) is 5.82. The maximum atomic E-state index is 12.2. The van der Waals surface area contributed by atoms with E-state index in [0.717, 1.165) is 25.9 Å². The number of nitrogens with zero attached hydrogens (tertiary/aromatic N) is 1. The molecule has 1 aromatic carbocycles. The fourth-order valence-corrected chi connectivity index (χ4v) is 3.51. The monoisotopic (exact) mass is 379 g/mol. The smallest absolute Gasteiger partial charge is 0.276 e. The van der Waals surface area contributed by atoms with Crippen molar-refractivity contribution in [2.24, 2.45) is 11.8 Å². The minimum Gasteiger partial charge on any atom is -0.493 e. The van der Waals surface area contributed by atoms with E-state index in [1.54, 1.807) is 6.07 Å². The van der Waals surface area contributed by atoms with Gasteiger partial charge in [0, 0.05) is 18.5 Å². The van der Waals surface area contributed by atoms with Gasteiger partial charge in [-0.05, 0) is 50.3 Å². The highest BCUT2D eigenvalue weighted by Gasteiger charge is 2.22. The number of amides is 1. The highest BCUT2D eigenvalue weighted by atomic mass is 16.6. The minimum atomic E-state index is -0.447. The van der Waals surface area contributed by atoms with Gasteiger partial charge in [-0.25, -0.2) is 0 Å². The molecule has 1 amide bonds. The lowest BCUT2D eigenvalue weighted by molar-refractivity contribution is -0.385. The van der Waals surface area contributed by atoms with Crippen molar-refractivity contribution >= 4 is 11.6 Å². The lowest BCUT2D eigenvalue weighted by Crippen LogP contribution is -2.36. The van der Waals surface area contributed by atoms with Crippen LogP contribution in [0.25, 0.3) is 0 Å². The summed E-state index contributed by atoms with van der Waals surface area (Å²) in [5, 5.41) is 17.6. The first-order chi connectivity index (χ1) is 13.0. The summed E-state index contributed by atoms with van der Waals surface area (Å²) in [4.78, 5) is 23.1. The van der Waals surface area contributed by atoms with Crippen molar-refractivity contribution in [3.8, 4) is 11.5 Å². The molecule has 150 valence electrons. The SMILES string of the molecule is COc1cc(CCNC(=O)CC(C)C2CCCNC2)c([N+](=O)[O-])cc1OC. The summed E-state index contributed by atoms with van der Waals surface area (Å²) >= 11 is 0. The van der Waals surface area contributed by atoms with Crippen LogP contribution in [0.4, 0.5) is 5.69 Å². The van der Waals surface area contributed by atoms with E-state index < -0.39 is 4.92 Å². The Labute approximate surface area is 159 Å². The van der Waals surface area contributed by atoms with Gasteiger partial charge in [-0.3, -0.25) is 14.9 Å². The number of piperidine rings is 1. The molecular weight excluding hydrogens is 350 g/mol. The van der Waals surface area contributed by atoms with Crippen LogP contribution >= 0.6 is 0 Å². The molecule has 0 radical (unpaired) electrons. The second-order valence-corrected chi connectivity index (χ2v) is 6.98. The zero-order valence-electron chi connectivity index (χ0n) is 16.2. The van der Waals surface area contributed by atoms with Crippen LogP contribution in [0.15, 0.2) is 12.1 Å². The third-order valence-corrected chi connectivity index (χ3v) is 5.15. The summed E-state index contributed by atoms with van der Waals surface area (Å²) < 4.78 is 10.3. The predicted molar refractivity (Wildman–Crippen MR) is 102 cm³/mol. The number of methoxy groups -OCH3 is 2. The van der Waals surface area contributed by atoms with Gasteiger partial charge in [0.05, 0.1) is 25.2 Å². The first kappa shape index (κ1) is 21.0. The average molecular weight is 379 g/mol. The van der Waals surface area contributed by atoms with Crippen LogP contribution < -0.4 is 20.1 Å². The lowest BCUT2D eigenvalue weighted by atomic mass is 9.85. The number of carbonyl (C=O) groups is 1. The Morgan fingerprint density at radius 2 is 2.07 bits per heavy atom. The highest BCUT2D eigenvalue weighted by Crippen LogP contribution is 2.34. The first-order valence-corrected chi connectivity index (χ1v) is 9.33. The Hall–Kier alpha value is -2.35. The Kier molecular flexibility index (Phi) is 7.84. The van der Waals surface area contributed by atoms with Gasteiger partial charge in [-0.1, -0.05) is 6.92 Å². The molecule has 0 saturated carbocycles. The number of carbonyl (C=O) groups excluding carboxylic acids is 1. The summed E-state index contributed by atoms with van der Waals surface area (Å²) in [5.74, 6) is 1.57. The van der Waals surface area contributed by atoms with Gasteiger partial charge < -0.3 is 20.1 Å². The fourth-order valence-electron chi connectivity index (χ4n) is 3.51. The van der Waals surface area contributed by atoms with Gasteiger partial charge >= 0.3 is 0 Å². The van der Waals surface area contributed by atoms with Gasteiger partial charge in [-0.2, -0.15) is 0 Å². The van der Waals surface area contributed by atoms with Crippen LogP contribution in [0, 0.1) is 22.0 Å². The quantitative estimate of drug-likeness (QED) is 0.504. The molecule has 0 aromatic heterocycles. The van der Waals surface area contributed by atoms with Crippen molar-refractivity contribution in [2.75, 3.05) is 33.9 Å². The molecule has 0 bridgehead atoms. The molecule has 8 heteroatoms. The maximum Gasteiger partial charge on any atom is 0.276 e. The molecule has 2 unspecified atom stereocenters. The number of nitrogens with one attached hydrogen (secondary N) is 2. The van der Waals surface area contributed by atoms with Crippen LogP contribution in [0.3, 0.4) is 0 Å². The first-order valence-electron chi connectivity index (χ1n) is 9.33. The molecule has 1 heterocycles. The normalized spacial score (nSPS) is 17.8. The predicted octanol–water partition coefficient (Wildman–Crippen LogP) is 2.30. The van der Waals surface area contributed by atoms with Gasteiger partial charge in [0.25, 0.3) is 5.69 Å². The summed E-state index contributed by atoms with van der Waals surface area (Å²) in [6.07, 6.45) is 3.13. The van der Waals surface area contributed by atoms with Gasteiger partial charge in [0.2, 0.25) is 5.91 Å². The van der Waals surface area contributed by atoms with Crippen LogP contribution in [-0.2, 0) is 11.2 Å². The largest absolute Gasteiger partial charge is 0.493 e. The molecule has 27 heavy (non-hydrogen) atoms. The average Bonchev–Trinajstić information content (AvgIpc) is 2.67. The Bertz CT molecular complexity index is 659. The number of rotatable bonds is 9. The summed E-state index contributed by atoms with van der Waals surface area (Å²) in [5.41, 5.74) is 0.464. The number of hydrogen-bond acceptors (Lipinski definition) is 6. The zero-order chi connectivity index (χ0) is 19.8. The summed E-state index contributed by atoms with van der Waals surface area (Å²) in [7, 11) is 2.92. The van der Waals surface area contributed by atoms with E-state index in [4.69, 9.17) is 9.47 Å². The topological polar surface area (TPSA) is 103 Å². The van der Waals surface area contributed by atoms with Crippen LogP contribution in [0.1, 0.15) is 31.7 Å². The van der Waals surface area contributed by atoms with E-state index in [2.05, 4.69) is 17.6 Å². The Balaban J connectivity index is 1.91. The number of ether oxygens (including phenoxy) is 2. The zero-order valence-corrected chi connectivity index (χ0v) is 16.2. The molecule has 2 N–H and O–H groups in total. The third-order valence-electron chi connectivity index (χ3n) is 5.15. The van der Waals surface area contributed by atoms with Gasteiger partial charge in [0.15, 0.2) is 11.5 Å². The second-order valence-electron chi connectivity index (χ2n) is 6.98. The standard InChI is InChI=1S/C19H29N3O5/c1-13(15-5-4-7-20-12-15)9-19(23)21-8-6-14-10-17(26-2)18(27-3)11-16(14)22(24)25/h10-11,13,15,20H,4-9,12H2,1-3H3,(H,21,23). The number of nitro benzene ring substituents is 1. The van der Waals surface area contributed by atoms with Crippen LogP contribution in [0.2, 0.25) is 0 Å². The fraction of sp³-hybridized carbons (Fsp3) is 0.632. The molecule has 8 nitrogen and oxygen atoms in total. The van der Waals surface area contributed by atoms with E-state index in [-0.39, 0.29) is 11.6 Å². The summed E-state index contributed by atoms with van der Waals surface area (Å²) in [6, 6.07) is 2.95. The second kappa shape index (κ2) is 10.1. The molecule has 1 aliphatic rings. The number of benzene rings is 1. The molecule has 2 rings (SSSR count). The Morgan fingerprint density at radius 3 is 2.67 bits per heavy atom. The highest BCUT2D eigenvalue weighted by molar-refractivity contribution is 5.76. The minimum absolute atomic E-state index is 0.0174. The van der Waals surface area contributed by atoms with Crippen molar-refractivity contribution in [3.05, 3.63) is 27.8 Å². The summed E-state index contributed by atoms with van der Waals surface area (Å²) in [6.45, 7) is 4.47. The van der Waals surface area contributed by atoms with E-state index >= 15 is 0 Å². The molecule has 1 fully saturated rings. The van der Waals surface area contributed by atoms with Crippen LogP contribution in [-0.4, -0.2) is 44.7 Å². The maximum absolute atomic E-state index is 12.2. The Morgan fingerprint density at radius 1 is 1.37 bits per heavy atom. The van der Waals surface area contributed by atoms with Gasteiger partial charge in [0.1, 0.15) is 0 Å². The van der Waals surface area contributed by atoms with Crippen molar-refractivity contribution in [1.82, 2.24) is 10.6 Å². The lowest BCUT2D eigenvalue weighted by Gasteiger charge is -2.28. The number of hydrogen-bond donors (Lipinski definition) is 2. The van der Waals surface area contributed by atoms with E-state index in [1.165, 1.54) is 20.3 Å². The van der Waals surface area contributed by atoms with Crippen molar-refractivity contribution in [1.29, 1.82) is 0 Å². The molecule has 1 aromatic rings. The van der Waals surface area contributed by atoms with E-state index in [0.29, 0.717) is 48.3 Å². The molecule has 0 aliphatic carbocycles. The van der Waals surface area contributed by atoms with Gasteiger partial charge in [-0.15, -0.1) is 0 Å². The molecule has 1 saturated heterocycles. The molecule has 2 atom stereocenters. The van der Waals surface area contributed by atoms with E-state index in [1.807, 2.05) is 0 Å².